The summed E-state index contributed by atoms with van der Waals surface area (Å²) in [5, 5.41) is 18.8. The van der Waals surface area contributed by atoms with Gasteiger partial charge in [-0.3, -0.25) is 4.79 Å². The van der Waals surface area contributed by atoms with Gasteiger partial charge in [0.25, 0.3) is 5.91 Å². The molecule has 2 rings (SSSR count). The van der Waals surface area contributed by atoms with Crippen LogP contribution >= 0.6 is 0 Å². The smallest absolute Gasteiger partial charge is 0.277 e. The van der Waals surface area contributed by atoms with Gasteiger partial charge < -0.3 is 14.6 Å². The molecule has 0 saturated heterocycles. The molecule has 1 heterocycles. The van der Waals surface area contributed by atoms with Crippen LogP contribution in [0.15, 0.2) is 39.4 Å². The zero-order chi connectivity index (χ0) is 17.2. The van der Waals surface area contributed by atoms with Crippen LogP contribution in [0.25, 0.3) is 0 Å². The van der Waals surface area contributed by atoms with Crippen LogP contribution < -0.4 is 5.48 Å². The van der Waals surface area contributed by atoms with Gasteiger partial charge in [0.15, 0.2) is 4.90 Å². The molecule has 8 nitrogen and oxygen atoms in total. The maximum atomic E-state index is 12.5. The third kappa shape index (κ3) is 2.83. The van der Waals surface area contributed by atoms with Crippen LogP contribution in [0.5, 0.6) is 0 Å². The molecule has 124 valence electrons. The molecule has 9 heteroatoms. The number of hydrogen-bond acceptors (Lipinski definition) is 7. The molecule has 2 atom stereocenters. The molecular formula is C14H18N4O4S. The van der Waals surface area contributed by atoms with E-state index in [1.54, 1.807) is 37.4 Å². The van der Waals surface area contributed by atoms with Crippen LogP contribution in [0.3, 0.4) is 0 Å². The van der Waals surface area contributed by atoms with E-state index in [9.17, 15) is 14.6 Å². The first-order valence-corrected chi connectivity index (χ1v) is 8.25. The van der Waals surface area contributed by atoms with Gasteiger partial charge in [-0.05, 0) is 42.4 Å². The third-order valence-electron chi connectivity index (χ3n) is 3.62. The molecule has 1 aromatic rings. The summed E-state index contributed by atoms with van der Waals surface area (Å²) >= 11 is -1.11. The fourth-order valence-corrected chi connectivity index (χ4v) is 2.93. The van der Waals surface area contributed by atoms with Crippen molar-refractivity contribution in [1.82, 2.24) is 10.5 Å². The third-order valence-corrected chi connectivity index (χ3v) is 4.55. The Morgan fingerprint density at radius 2 is 2.09 bits per heavy atom. The second-order valence-corrected chi connectivity index (χ2v) is 6.36. The fourth-order valence-electron chi connectivity index (χ4n) is 2.41. The second-order valence-electron chi connectivity index (χ2n) is 4.98. The minimum Gasteiger partial charge on any atom is -0.612 e. The molecule has 0 fully saturated rings. The Morgan fingerprint density at radius 3 is 2.57 bits per heavy atom. The van der Waals surface area contributed by atoms with E-state index < -0.39 is 22.6 Å². The lowest BCUT2D eigenvalue weighted by Gasteiger charge is -2.26. The van der Waals surface area contributed by atoms with E-state index in [0.717, 1.165) is 5.01 Å². The molecule has 0 aliphatic carbocycles. The number of hydroxylamine groups is 1. The van der Waals surface area contributed by atoms with Gasteiger partial charge in [-0.15, -0.1) is 0 Å². The molecule has 0 radical (unpaired) electrons. The first kappa shape index (κ1) is 17.4. The van der Waals surface area contributed by atoms with Crippen LogP contribution in [-0.4, -0.2) is 58.1 Å². The van der Waals surface area contributed by atoms with Crippen molar-refractivity contribution >= 4 is 28.5 Å². The molecule has 0 bridgehead atoms. The fraction of sp³-hybridized carbons (Fsp3) is 0.357. The van der Waals surface area contributed by atoms with Gasteiger partial charge in [-0.25, -0.2) is 5.01 Å². The predicted octanol–water partition coefficient (Wildman–Crippen LogP) is 0.340. The van der Waals surface area contributed by atoms with Crippen molar-refractivity contribution in [1.29, 1.82) is 0 Å². The first-order chi connectivity index (χ1) is 10.9. The lowest BCUT2D eigenvalue weighted by molar-refractivity contribution is -0.133. The Balaban J connectivity index is 2.55. The highest BCUT2D eigenvalue weighted by Gasteiger charge is 2.53. The van der Waals surface area contributed by atoms with Gasteiger partial charge in [-0.1, -0.05) is 5.16 Å². The Kier molecular flexibility index (Phi) is 5.05. The van der Waals surface area contributed by atoms with E-state index in [1.807, 2.05) is 5.48 Å². The molecule has 2 N–H and O–H groups in total. The second kappa shape index (κ2) is 6.67. The van der Waals surface area contributed by atoms with Crippen molar-refractivity contribution < 1.29 is 19.4 Å². The lowest BCUT2D eigenvalue weighted by atomic mass is 9.85. The summed E-state index contributed by atoms with van der Waals surface area (Å²) < 4.78 is 11.5. The molecule has 1 aliphatic heterocycles. The molecule has 1 aliphatic rings. The Hall–Kier alpha value is -1.94. The van der Waals surface area contributed by atoms with E-state index in [4.69, 9.17) is 4.84 Å². The van der Waals surface area contributed by atoms with Gasteiger partial charge in [-0.2, -0.15) is 10.6 Å². The van der Waals surface area contributed by atoms with Gasteiger partial charge >= 0.3 is 0 Å². The van der Waals surface area contributed by atoms with Crippen LogP contribution in [0.4, 0.5) is 0 Å². The summed E-state index contributed by atoms with van der Waals surface area (Å²) in [6, 6.07) is 6.74. The summed E-state index contributed by atoms with van der Waals surface area (Å²) in [7, 11) is 2.83. The average molecular weight is 338 g/mol. The number of carbonyl (C=O) groups is 1. The van der Waals surface area contributed by atoms with Crippen LogP contribution in [0.2, 0.25) is 0 Å². The number of carbonyl (C=O) groups excluding carboxylic acids is 1. The largest absolute Gasteiger partial charge is 0.612 e. The van der Waals surface area contributed by atoms with Gasteiger partial charge in [0.1, 0.15) is 19.1 Å². The topological polar surface area (TPSA) is 110 Å². The molecule has 23 heavy (non-hydrogen) atoms. The number of benzene rings is 1. The summed E-state index contributed by atoms with van der Waals surface area (Å²) in [6.45, 7) is 1.55. The number of amides is 1. The van der Waals surface area contributed by atoms with E-state index in [-0.39, 0.29) is 11.4 Å². The molecule has 0 aromatic heterocycles. The minimum absolute atomic E-state index is 0.207. The maximum absolute atomic E-state index is 12.5. The molecule has 1 aromatic carbocycles. The van der Waals surface area contributed by atoms with E-state index >= 15 is 0 Å². The minimum atomic E-state index is -1.63. The highest BCUT2D eigenvalue weighted by Crippen LogP contribution is 2.26. The lowest BCUT2D eigenvalue weighted by Crippen LogP contribution is -2.61. The monoisotopic (exact) mass is 338 g/mol. The Labute approximate surface area is 136 Å². The number of nitrogens with one attached hydrogen (secondary N) is 1. The van der Waals surface area contributed by atoms with Crippen molar-refractivity contribution in [3.05, 3.63) is 29.8 Å². The standard InChI is InChI=1S/C14H18N4O4S/c1-9(16-22-3)14(17-20)12(15-18(2)13(14)19)10-5-7-11(8-6-10)23(4)21/h5-8,17,20H,1-4H3/b16-9+. The SMILES string of the molecule is CO/N=C(\C)C1(NO)C(=O)N(C)N=C1c1ccc([S+](C)[O-])cc1. The van der Waals surface area contributed by atoms with Crippen molar-refractivity contribution in [3.8, 4) is 0 Å². The number of likely N-dealkylation sites (N-methyl/N-ethyl adjacent to an activating group) is 1. The molecule has 2 unspecified atom stereocenters. The summed E-state index contributed by atoms with van der Waals surface area (Å²) in [5.41, 5.74) is 1.48. The van der Waals surface area contributed by atoms with Crippen LogP contribution in [0, 0.1) is 0 Å². The summed E-state index contributed by atoms with van der Waals surface area (Å²) in [6.07, 6.45) is 1.58. The van der Waals surface area contributed by atoms with Crippen LogP contribution in [0.1, 0.15) is 12.5 Å². The number of rotatable bonds is 5. The summed E-state index contributed by atoms with van der Waals surface area (Å²) in [5.74, 6) is -0.489. The quantitative estimate of drug-likeness (QED) is 0.457. The van der Waals surface area contributed by atoms with E-state index in [1.165, 1.54) is 14.2 Å². The van der Waals surface area contributed by atoms with E-state index in [2.05, 4.69) is 10.3 Å². The number of hydrazone groups is 1. The van der Waals surface area contributed by atoms with Crippen molar-refractivity contribution in [2.24, 2.45) is 10.3 Å². The highest BCUT2D eigenvalue weighted by molar-refractivity contribution is 7.90. The van der Waals surface area contributed by atoms with Gasteiger partial charge in [0.2, 0.25) is 5.54 Å². The van der Waals surface area contributed by atoms with Gasteiger partial charge in [0.05, 0.1) is 5.71 Å². The first-order valence-electron chi connectivity index (χ1n) is 6.69. The highest BCUT2D eigenvalue weighted by atomic mass is 32.2. The molecule has 0 saturated carbocycles. The normalized spacial score (nSPS) is 23.0. The zero-order valence-corrected chi connectivity index (χ0v) is 14.0. The number of nitrogens with zero attached hydrogens (tertiary/aromatic N) is 3. The maximum Gasteiger partial charge on any atom is 0.277 e. The predicted molar refractivity (Wildman–Crippen MR) is 85.9 cm³/mol. The van der Waals surface area contributed by atoms with E-state index in [0.29, 0.717) is 10.5 Å². The number of hydrogen-bond donors (Lipinski definition) is 2. The van der Waals surface area contributed by atoms with Crippen LogP contribution in [-0.2, 0) is 20.8 Å². The molecule has 0 spiro atoms. The van der Waals surface area contributed by atoms with Gasteiger partial charge in [0, 0.05) is 12.6 Å². The summed E-state index contributed by atoms with van der Waals surface area (Å²) in [4.78, 5) is 17.9. The van der Waals surface area contributed by atoms with Crippen molar-refractivity contribution in [3.63, 3.8) is 0 Å². The average Bonchev–Trinajstić information content (AvgIpc) is 2.80. The van der Waals surface area contributed by atoms with Crippen molar-refractivity contribution in [2.45, 2.75) is 17.4 Å². The number of oxime groups is 1. The Bertz CT molecular complexity index is 659. The van der Waals surface area contributed by atoms with Crippen molar-refractivity contribution in [2.75, 3.05) is 20.4 Å². The molecular weight excluding hydrogens is 320 g/mol. The molecule has 1 amide bonds. The Morgan fingerprint density at radius 1 is 1.48 bits per heavy atom. The zero-order valence-electron chi connectivity index (χ0n) is 13.2.